The monoisotopic (exact) mass is 175 g/mol. The molecule has 68 valence electrons. The van der Waals surface area contributed by atoms with Crippen molar-refractivity contribution < 1.29 is 4.79 Å². The second-order valence-electron chi connectivity index (χ2n) is 2.84. The SMILES string of the molecule is C=CCN(C)C(=O)c1ccccc1. The van der Waals surface area contributed by atoms with Gasteiger partial charge in [-0.3, -0.25) is 4.79 Å². The van der Waals surface area contributed by atoms with E-state index < -0.39 is 0 Å². The molecular weight excluding hydrogens is 162 g/mol. The summed E-state index contributed by atoms with van der Waals surface area (Å²) in [6, 6.07) is 9.22. The lowest BCUT2D eigenvalue weighted by Crippen LogP contribution is -2.26. The van der Waals surface area contributed by atoms with Gasteiger partial charge in [-0.2, -0.15) is 0 Å². The van der Waals surface area contributed by atoms with Crippen LogP contribution in [0.3, 0.4) is 0 Å². The average Bonchev–Trinajstić information content (AvgIpc) is 2.18. The van der Waals surface area contributed by atoms with Gasteiger partial charge in [-0.05, 0) is 12.1 Å². The van der Waals surface area contributed by atoms with Crippen LogP contribution < -0.4 is 0 Å². The minimum atomic E-state index is 0.0282. The minimum Gasteiger partial charge on any atom is -0.338 e. The molecule has 0 saturated carbocycles. The number of carbonyl (C=O) groups is 1. The fourth-order valence-corrected chi connectivity index (χ4v) is 1.08. The topological polar surface area (TPSA) is 20.3 Å². The molecule has 13 heavy (non-hydrogen) atoms. The van der Waals surface area contributed by atoms with Crippen LogP contribution in [0.15, 0.2) is 43.0 Å². The highest BCUT2D eigenvalue weighted by Gasteiger charge is 2.08. The van der Waals surface area contributed by atoms with Gasteiger partial charge in [-0.25, -0.2) is 0 Å². The first kappa shape index (κ1) is 9.52. The minimum absolute atomic E-state index is 0.0282. The van der Waals surface area contributed by atoms with Crippen LogP contribution in [0.5, 0.6) is 0 Å². The van der Waals surface area contributed by atoms with E-state index in [-0.39, 0.29) is 5.91 Å². The Hall–Kier alpha value is -1.57. The predicted molar refractivity (Wildman–Crippen MR) is 53.6 cm³/mol. The van der Waals surface area contributed by atoms with E-state index in [0.29, 0.717) is 12.1 Å². The molecule has 1 aromatic carbocycles. The Morgan fingerprint density at radius 2 is 2.08 bits per heavy atom. The van der Waals surface area contributed by atoms with Gasteiger partial charge in [-0.15, -0.1) is 6.58 Å². The molecule has 0 heterocycles. The zero-order valence-electron chi connectivity index (χ0n) is 7.73. The maximum absolute atomic E-state index is 11.6. The Balaban J connectivity index is 2.73. The molecule has 2 nitrogen and oxygen atoms in total. The smallest absolute Gasteiger partial charge is 0.253 e. The zero-order chi connectivity index (χ0) is 9.68. The molecule has 1 aromatic rings. The number of rotatable bonds is 3. The summed E-state index contributed by atoms with van der Waals surface area (Å²) in [5.41, 5.74) is 0.715. The first-order chi connectivity index (χ1) is 6.25. The molecule has 1 amide bonds. The quantitative estimate of drug-likeness (QED) is 0.643. The van der Waals surface area contributed by atoms with Crippen molar-refractivity contribution in [1.82, 2.24) is 4.90 Å². The van der Waals surface area contributed by atoms with Crippen molar-refractivity contribution in [2.75, 3.05) is 13.6 Å². The lowest BCUT2D eigenvalue weighted by Gasteiger charge is -2.14. The second-order valence-corrected chi connectivity index (χ2v) is 2.84. The first-order valence-electron chi connectivity index (χ1n) is 4.17. The number of carbonyl (C=O) groups excluding carboxylic acids is 1. The Bertz CT molecular complexity index is 292. The maximum atomic E-state index is 11.6. The van der Waals surface area contributed by atoms with Crippen LogP contribution in [-0.2, 0) is 0 Å². The molecular formula is C11H13NO. The fraction of sp³-hybridized carbons (Fsp3) is 0.182. The predicted octanol–water partition coefficient (Wildman–Crippen LogP) is 1.94. The van der Waals surface area contributed by atoms with Crippen molar-refractivity contribution in [2.24, 2.45) is 0 Å². The van der Waals surface area contributed by atoms with Gasteiger partial charge < -0.3 is 4.90 Å². The van der Waals surface area contributed by atoms with Gasteiger partial charge in [0.25, 0.3) is 5.91 Å². The van der Waals surface area contributed by atoms with Gasteiger partial charge in [0.15, 0.2) is 0 Å². The third kappa shape index (κ3) is 2.44. The fourth-order valence-electron chi connectivity index (χ4n) is 1.08. The van der Waals surface area contributed by atoms with Crippen LogP contribution in [0, 0.1) is 0 Å². The van der Waals surface area contributed by atoms with E-state index in [2.05, 4.69) is 6.58 Å². The molecule has 0 atom stereocenters. The summed E-state index contributed by atoms with van der Waals surface area (Å²) in [5, 5.41) is 0. The van der Waals surface area contributed by atoms with E-state index in [4.69, 9.17) is 0 Å². The largest absolute Gasteiger partial charge is 0.338 e. The van der Waals surface area contributed by atoms with Crippen LogP contribution >= 0.6 is 0 Å². The molecule has 0 spiro atoms. The highest BCUT2D eigenvalue weighted by atomic mass is 16.2. The highest BCUT2D eigenvalue weighted by Crippen LogP contribution is 2.02. The third-order valence-corrected chi connectivity index (χ3v) is 1.77. The highest BCUT2D eigenvalue weighted by molar-refractivity contribution is 5.94. The van der Waals surface area contributed by atoms with Gasteiger partial charge in [0, 0.05) is 19.2 Å². The average molecular weight is 175 g/mol. The molecule has 0 aliphatic heterocycles. The molecule has 0 aliphatic rings. The lowest BCUT2D eigenvalue weighted by atomic mass is 10.2. The molecule has 0 N–H and O–H groups in total. The van der Waals surface area contributed by atoms with Gasteiger partial charge >= 0.3 is 0 Å². The van der Waals surface area contributed by atoms with E-state index >= 15 is 0 Å². The molecule has 0 saturated heterocycles. The first-order valence-corrected chi connectivity index (χ1v) is 4.17. The van der Waals surface area contributed by atoms with Crippen molar-refractivity contribution in [3.05, 3.63) is 48.6 Å². The molecule has 2 heteroatoms. The Labute approximate surface area is 78.5 Å². The van der Waals surface area contributed by atoms with E-state index in [1.54, 1.807) is 18.0 Å². The molecule has 0 fully saturated rings. The summed E-state index contributed by atoms with van der Waals surface area (Å²) in [7, 11) is 1.76. The molecule has 0 aliphatic carbocycles. The van der Waals surface area contributed by atoms with Gasteiger partial charge in [0.2, 0.25) is 0 Å². The van der Waals surface area contributed by atoms with Crippen LogP contribution in [0.4, 0.5) is 0 Å². The number of benzene rings is 1. The number of nitrogens with zero attached hydrogens (tertiary/aromatic N) is 1. The Kier molecular flexibility index (Phi) is 3.26. The van der Waals surface area contributed by atoms with E-state index in [0.717, 1.165) is 0 Å². The van der Waals surface area contributed by atoms with Crippen LogP contribution in [-0.4, -0.2) is 24.4 Å². The summed E-state index contributed by atoms with van der Waals surface area (Å²) < 4.78 is 0. The molecule has 0 unspecified atom stereocenters. The van der Waals surface area contributed by atoms with Crippen LogP contribution in [0.1, 0.15) is 10.4 Å². The van der Waals surface area contributed by atoms with Gasteiger partial charge in [-0.1, -0.05) is 24.3 Å². The van der Waals surface area contributed by atoms with Crippen molar-refractivity contribution in [3.8, 4) is 0 Å². The normalized spacial score (nSPS) is 9.31. The van der Waals surface area contributed by atoms with Gasteiger partial charge in [0.05, 0.1) is 0 Å². The standard InChI is InChI=1S/C11H13NO/c1-3-9-12(2)11(13)10-7-5-4-6-8-10/h3-8H,1,9H2,2H3. The number of amides is 1. The molecule has 0 bridgehead atoms. The van der Waals surface area contributed by atoms with E-state index in [1.165, 1.54) is 0 Å². The molecule has 1 rings (SSSR count). The molecule has 0 radical (unpaired) electrons. The Morgan fingerprint density at radius 3 is 2.62 bits per heavy atom. The Morgan fingerprint density at radius 1 is 1.46 bits per heavy atom. The number of likely N-dealkylation sites (N-methyl/N-ethyl adjacent to an activating group) is 1. The third-order valence-electron chi connectivity index (χ3n) is 1.77. The van der Waals surface area contributed by atoms with E-state index in [9.17, 15) is 4.79 Å². The zero-order valence-corrected chi connectivity index (χ0v) is 7.73. The van der Waals surface area contributed by atoms with Crippen molar-refractivity contribution in [1.29, 1.82) is 0 Å². The summed E-state index contributed by atoms with van der Waals surface area (Å²) in [4.78, 5) is 13.2. The van der Waals surface area contributed by atoms with Crippen molar-refractivity contribution in [3.63, 3.8) is 0 Å². The van der Waals surface area contributed by atoms with Crippen molar-refractivity contribution in [2.45, 2.75) is 0 Å². The summed E-state index contributed by atoms with van der Waals surface area (Å²) >= 11 is 0. The second kappa shape index (κ2) is 4.45. The maximum Gasteiger partial charge on any atom is 0.253 e. The van der Waals surface area contributed by atoms with Crippen LogP contribution in [0.25, 0.3) is 0 Å². The number of hydrogen-bond acceptors (Lipinski definition) is 1. The number of hydrogen-bond donors (Lipinski definition) is 0. The van der Waals surface area contributed by atoms with E-state index in [1.807, 2.05) is 30.3 Å². The molecule has 0 aromatic heterocycles. The van der Waals surface area contributed by atoms with Gasteiger partial charge in [0.1, 0.15) is 0 Å². The lowest BCUT2D eigenvalue weighted by molar-refractivity contribution is 0.0810. The summed E-state index contributed by atoms with van der Waals surface area (Å²) in [5.74, 6) is 0.0282. The summed E-state index contributed by atoms with van der Waals surface area (Å²) in [6.45, 7) is 4.16. The van der Waals surface area contributed by atoms with Crippen molar-refractivity contribution >= 4 is 5.91 Å². The van der Waals surface area contributed by atoms with Crippen LogP contribution in [0.2, 0.25) is 0 Å². The summed E-state index contributed by atoms with van der Waals surface area (Å²) in [6.07, 6.45) is 1.71.